The van der Waals surface area contributed by atoms with Gasteiger partial charge in [-0.25, -0.2) is 5.43 Å². The number of hydrazine groups is 1. The molecule has 2 unspecified atom stereocenters. The summed E-state index contributed by atoms with van der Waals surface area (Å²) in [6.07, 6.45) is 5.43. The monoisotopic (exact) mass is 286 g/mol. The van der Waals surface area contributed by atoms with Crippen molar-refractivity contribution >= 4 is 15.9 Å². The molecule has 16 heavy (non-hydrogen) atoms. The molecule has 0 aliphatic heterocycles. The van der Waals surface area contributed by atoms with Gasteiger partial charge in [0.05, 0.1) is 16.8 Å². The van der Waals surface area contributed by atoms with Gasteiger partial charge in [0.25, 0.3) is 0 Å². The average molecular weight is 287 g/mol. The molecule has 1 saturated carbocycles. The fourth-order valence-corrected chi connectivity index (χ4v) is 3.32. The zero-order chi connectivity index (χ0) is 11.8. The summed E-state index contributed by atoms with van der Waals surface area (Å²) in [6, 6.07) is 2.02. The molecule has 2 rings (SSSR count). The third-order valence-electron chi connectivity index (χ3n) is 3.85. The molecular formula is C12H19BrN2O. The van der Waals surface area contributed by atoms with Crippen LogP contribution in [-0.2, 0) is 0 Å². The van der Waals surface area contributed by atoms with Crippen LogP contribution in [0.5, 0.6) is 0 Å². The van der Waals surface area contributed by atoms with Gasteiger partial charge in [0.1, 0.15) is 5.76 Å². The Hall–Kier alpha value is -0.320. The summed E-state index contributed by atoms with van der Waals surface area (Å²) in [4.78, 5) is 0. The van der Waals surface area contributed by atoms with Crippen LogP contribution in [-0.4, -0.2) is 0 Å². The fourth-order valence-electron chi connectivity index (χ4n) is 2.87. The molecule has 0 amide bonds. The quantitative estimate of drug-likeness (QED) is 0.662. The van der Waals surface area contributed by atoms with Crippen LogP contribution in [0.15, 0.2) is 21.2 Å². The Morgan fingerprint density at radius 3 is 2.81 bits per heavy atom. The molecule has 3 nitrogen and oxygen atoms in total. The van der Waals surface area contributed by atoms with Gasteiger partial charge in [-0.3, -0.25) is 5.84 Å². The van der Waals surface area contributed by atoms with Gasteiger partial charge >= 0.3 is 0 Å². The van der Waals surface area contributed by atoms with Gasteiger partial charge in [0.15, 0.2) is 0 Å². The maximum atomic E-state index is 5.70. The van der Waals surface area contributed by atoms with E-state index in [2.05, 4.69) is 35.2 Å². The van der Waals surface area contributed by atoms with Crippen molar-refractivity contribution < 1.29 is 4.42 Å². The first-order valence-electron chi connectivity index (χ1n) is 5.75. The van der Waals surface area contributed by atoms with Crippen molar-refractivity contribution in [2.45, 2.75) is 39.2 Å². The van der Waals surface area contributed by atoms with E-state index in [9.17, 15) is 0 Å². The van der Waals surface area contributed by atoms with Crippen LogP contribution in [0.25, 0.3) is 0 Å². The number of nitrogens with one attached hydrogen (secondary N) is 1. The SMILES string of the molecule is CC1(C)CCCC1C(NN)c1occc1Br. The van der Waals surface area contributed by atoms with Crippen LogP contribution in [0, 0.1) is 11.3 Å². The molecule has 1 heterocycles. The molecule has 1 aliphatic rings. The molecule has 1 aliphatic carbocycles. The molecule has 1 aromatic rings. The normalized spacial score (nSPS) is 25.9. The number of hydrogen-bond donors (Lipinski definition) is 2. The largest absolute Gasteiger partial charge is 0.466 e. The summed E-state index contributed by atoms with van der Waals surface area (Å²) in [6.45, 7) is 4.62. The van der Waals surface area contributed by atoms with Crippen LogP contribution >= 0.6 is 15.9 Å². The molecular weight excluding hydrogens is 268 g/mol. The minimum atomic E-state index is 0.0990. The zero-order valence-corrected chi connectivity index (χ0v) is 11.4. The van der Waals surface area contributed by atoms with Gasteiger partial charge in [0, 0.05) is 0 Å². The molecule has 0 aromatic carbocycles. The van der Waals surface area contributed by atoms with Crippen molar-refractivity contribution in [2.24, 2.45) is 17.2 Å². The highest BCUT2D eigenvalue weighted by Crippen LogP contribution is 2.49. The van der Waals surface area contributed by atoms with Crippen molar-refractivity contribution in [2.75, 3.05) is 0 Å². The van der Waals surface area contributed by atoms with Gasteiger partial charge in [-0.15, -0.1) is 0 Å². The number of hydrogen-bond acceptors (Lipinski definition) is 3. The number of rotatable bonds is 3. The summed E-state index contributed by atoms with van der Waals surface area (Å²) >= 11 is 3.50. The molecule has 1 aromatic heterocycles. The van der Waals surface area contributed by atoms with Crippen molar-refractivity contribution in [1.29, 1.82) is 0 Å². The van der Waals surface area contributed by atoms with Crippen LogP contribution in [0.3, 0.4) is 0 Å². The van der Waals surface area contributed by atoms with E-state index in [1.165, 1.54) is 19.3 Å². The minimum absolute atomic E-state index is 0.0990. The summed E-state index contributed by atoms with van der Waals surface area (Å²) < 4.78 is 6.53. The Morgan fingerprint density at radius 1 is 1.62 bits per heavy atom. The first-order valence-corrected chi connectivity index (χ1v) is 6.54. The topological polar surface area (TPSA) is 51.2 Å². The molecule has 0 saturated heterocycles. The first kappa shape index (κ1) is 12.1. The molecule has 2 atom stereocenters. The molecule has 0 bridgehead atoms. The maximum Gasteiger partial charge on any atom is 0.136 e. The van der Waals surface area contributed by atoms with E-state index in [-0.39, 0.29) is 6.04 Å². The second-order valence-corrected chi connectivity index (χ2v) is 6.12. The van der Waals surface area contributed by atoms with E-state index in [0.29, 0.717) is 11.3 Å². The van der Waals surface area contributed by atoms with E-state index in [4.69, 9.17) is 10.3 Å². The fraction of sp³-hybridized carbons (Fsp3) is 0.667. The predicted octanol–water partition coefficient (Wildman–Crippen LogP) is 3.37. The molecule has 0 radical (unpaired) electrons. The Morgan fingerprint density at radius 2 is 2.38 bits per heavy atom. The van der Waals surface area contributed by atoms with Gasteiger partial charge in [0.2, 0.25) is 0 Å². The van der Waals surface area contributed by atoms with Gasteiger partial charge < -0.3 is 4.42 Å². The van der Waals surface area contributed by atoms with Crippen LogP contribution in [0.1, 0.15) is 44.9 Å². The highest BCUT2D eigenvalue weighted by molar-refractivity contribution is 9.10. The van der Waals surface area contributed by atoms with Crippen LogP contribution < -0.4 is 11.3 Å². The standard InChI is InChI=1S/C12H19BrN2O/c1-12(2)6-3-4-8(12)10(15-14)11-9(13)5-7-16-11/h5,7-8,10,15H,3-4,6,14H2,1-2H3. The van der Waals surface area contributed by atoms with E-state index >= 15 is 0 Å². The van der Waals surface area contributed by atoms with Gasteiger partial charge in [-0.2, -0.15) is 0 Å². The Labute approximate surface area is 105 Å². The summed E-state index contributed by atoms with van der Waals surface area (Å²) in [5.74, 6) is 7.15. The van der Waals surface area contributed by atoms with Crippen molar-refractivity contribution in [3.05, 3.63) is 22.6 Å². The summed E-state index contributed by atoms with van der Waals surface area (Å²) in [5, 5.41) is 0. The van der Waals surface area contributed by atoms with Crippen molar-refractivity contribution in [1.82, 2.24) is 5.43 Å². The van der Waals surface area contributed by atoms with Crippen molar-refractivity contribution in [3.63, 3.8) is 0 Å². The van der Waals surface area contributed by atoms with E-state index in [1.807, 2.05) is 6.07 Å². The third-order valence-corrected chi connectivity index (χ3v) is 4.50. The molecule has 0 spiro atoms. The Kier molecular flexibility index (Phi) is 3.42. The molecule has 3 N–H and O–H groups in total. The van der Waals surface area contributed by atoms with E-state index < -0.39 is 0 Å². The first-order chi connectivity index (χ1) is 7.56. The lowest BCUT2D eigenvalue weighted by atomic mass is 9.77. The number of halogens is 1. The summed E-state index contributed by atoms with van der Waals surface area (Å²) in [5.41, 5.74) is 3.24. The molecule has 4 heteroatoms. The third kappa shape index (κ3) is 2.06. The second-order valence-electron chi connectivity index (χ2n) is 5.26. The Balaban J connectivity index is 2.27. The zero-order valence-electron chi connectivity index (χ0n) is 9.79. The number of furan rings is 1. The average Bonchev–Trinajstić information content (AvgIpc) is 2.77. The maximum absolute atomic E-state index is 5.70. The predicted molar refractivity (Wildman–Crippen MR) is 67.6 cm³/mol. The lowest BCUT2D eigenvalue weighted by molar-refractivity contribution is 0.180. The number of nitrogens with two attached hydrogens (primary N) is 1. The second kappa shape index (κ2) is 4.51. The summed E-state index contributed by atoms with van der Waals surface area (Å²) in [7, 11) is 0. The van der Waals surface area contributed by atoms with Gasteiger partial charge in [-0.1, -0.05) is 20.3 Å². The van der Waals surface area contributed by atoms with Crippen LogP contribution in [0.2, 0.25) is 0 Å². The molecule has 1 fully saturated rings. The molecule has 90 valence electrons. The van der Waals surface area contributed by atoms with E-state index in [1.54, 1.807) is 6.26 Å². The van der Waals surface area contributed by atoms with Crippen LogP contribution in [0.4, 0.5) is 0 Å². The lowest BCUT2D eigenvalue weighted by Gasteiger charge is -2.32. The van der Waals surface area contributed by atoms with Gasteiger partial charge in [-0.05, 0) is 46.2 Å². The van der Waals surface area contributed by atoms with E-state index in [0.717, 1.165) is 10.2 Å². The van der Waals surface area contributed by atoms with Crippen molar-refractivity contribution in [3.8, 4) is 0 Å². The highest BCUT2D eigenvalue weighted by atomic mass is 79.9. The lowest BCUT2D eigenvalue weighted by Crippen LogP contribution is -2.37. The highest BCUT2D eigenvalue weighted by Gasteiger charge is 2.41. The smallest absolute Gasteiger partial charge is 0.136 e. The Bertz CT molecular complexity index is 362. The minimum Gasteiger partial charge on any atom is -0.466 e.